The van der Waals surface area contributed by atoms with Crippen molar-refractivity contribution in [1.29, 1.82) is 0 Å². The molecule has 8 N–H and O–H groups in total. The van der Waals surface area contributed by atoms with Crippen LogP contribution in [-0.2, 0) is 14.3 Å². The van der Waals surface area contributed by atoms with Gasteiger partial charge in [0.25, 0.3) is 0 Å². The Morgan fingerprint density at radius 3 is 1.10 bits per heavy atom. The Morgan fingerprint density at radius 2 is 0.756 bits per heavy atom. The topological polar surface area (TPSA) is 189 Å². The molecule has 9 unspecified atom stereocenters. The average Bonchev–Trinajstić information content (AvgIpc) is 3.46. The zero-order chi connectivity index (χ0) is 56.8. The monoisotopic (exact) mass is 1110 g/mol. The molecule has 0 radical (unpaired) electrons. The Hall–Kier alpha value is -1.41. The molecular weight excluding hydrogens is 979 g/mol. The number of aliphatic hydroxyl groups excluding tert-OH is 7. The second kappa shape index (κ2) is 56.1. The number of rotatable bonds is 59. The largest absolute Gasteiger partial charge is 0.394 e. The lowest BCUT2D eigenvalue weighted by atomic mass is 9.98. The van der Waals surface area contributed by atoms with E-state index in [4.69, 9.17) is 9.47 Å². The summed E-state index contributed by atoms with van der Waals surface area (Å²) in [6.07, 6.45) is 58.3. The van der Waals surface area contributed by atoms with Gasteiger partial charge >= 0.3 is 0 Å². The lowest BCUT2D eigenvalue weighted by Crippen LogP contribution is -2.60. The van der Waals surface area contributed by atoms with E-state index in [-0.39, 0.29) is 12.8 Å². The number of allylic oxidation sites excluding steroid dienone is 4. The molecule has 1 fully saturated rings. The summed E-state index contributed by atoms with van der Waals surface area (Å²) >= 11 is 0. The van der Waals surface area contributed by atoms with Crippen LogP contribution in [0, 0.1) is 0 Å². The van der Waals surface area contributed by atoms with Gasteiger partial charge in [0, 0.05) is 0 Å². The molecule has 11 heteroatoms. The molecule has 9 atom stereocenters. The number of unbranched alkanes of at least 4 members (excludes halogenated alkanes) is 43. The van der Waals surface area contributed by atoms with E-state index in [1.807, 2.05) is 0 Å². The Bertz CT molecular complexity index is 1320. The van der Waals surface area contributed by atoms with Crippen LogP contribution in [0.4, 0.5) is 0 Å². The van der Waals surface area contributed by atoms with Crippen molar-refractivity contribution in [3.05, 3.63) is 24.3 Å². The number of nitrogens with one attached hydrogen (secondary N) is 1. The molecule has 462 valence electrons. The van der Waals surface area contributed by atoms with Crippen molar-refractivity contribution in [3.8, 4) is 0 Å². The third kappa shape index (κ3) is 43.3. The van der Waals surface area contributed by atoms with Crippen molar-refractivity contribution in [3.63, 3.8) is 0 Å². The lowest BCUT2D eigenvalue weighted by molar-refractivity contribution is -0.303. The first-order valence-electron chi connectivity index (χ1n) is 33.7. The quantitative estimate of drug-likeness (QED) is 0.0215. The predicted molar refractivity (Wildman–Crippen MR) is 326 cm³/mol. The van der Waals surface area contributed by atoms with E-state index in [9.17, 15) is 40.5 Å². The molecule has 1 saturated heterocycles. The Balaban J connectivity index is 2.22. The molecule has 11 nitrogen and oxygen atoms in total. The molecule has 1 heterocycles. The van der Waals surface area contributed by atoms with E-state index in [0.29, 0.717) is 12.8 Å². The molecule has 0 aliphatic carbocycles. The molecule has 0 bridgehead atoms. The van der Waals surface area contributed by atoms with Crippen molar-refractivity contribution in [1.82, 2.24) is 5.32 Å². The summed E-state index contributed by atoms with van der Waals surface area (Å²) in [5.74, 6) is -0.701. The number of ether oxygens (including phenoxy) is 2. The summed E-state index contributed by atoms with van der Waals surface area (Å²) in [7, 11) is 0. The van der Waals surface area contributed by atoms with E-state index in [1.165, 1.54) is 250 Å². The molecule has 78 heavy (non-hydrogen) atoms. The van der Waals surface area contributed by atoms with Crippen molar-refractivity contribution in [2.75, 3.05) is 13.2 Å². The molecule has 1 aliphatic heterocycles. The van der Waals surface area contributed by atoms with E-state index in [2.05, 4.69) is 43.5 Å². The summed E-state index contributed by atoms with van der Waals surface area (Å²) in [6.45, 7) is 3.49. The van der Waals surface area contributed by atoms with Gasteiger partial charge in [0.1, 0.15) is 36.6 Å². The van der Waals surface area contributed by atoms with Crippen LogP contribution in [0.2, 0.25) is 0 Å². The van der Waals surface area contributed by atoms with Gasteiger partial charge in [-0.05, 0) is 64.2 Å². The first-order chi connectivity index (χ1) is 38.2. The molecule has 0 aromatic rings. The number of hydrogen-bond acceptors (Lipinski definition) is 10. The minimum atomic E-state index is -1.67. The van der Waals surface area contributed by atoms with Gasteiger partial charge in [-0.2, -0.15) is 0 Å². The molecule has 0 aromatic carbocycles. The van der Waals surface area contributed by atoms with Gasteiger partial charge in [-0.25, -0.2) is 0 Å². The van der Waals surface area contributed by atoms with Crippen LogP contribution in [0.25, 0.3) is 0 Å². The highest BCUT2D eigenvalue weighted by molar-refractivity contribution is 5.80. The van der Waals surface area contributed by atoms with Crippen molar-refractivity contribution in [2.45, 2.75) is 384 Å². The lowest BCUT2D eigenvalue weighted by Gasteiger charge is -2.40. The number of carbonyl (C=O) groups is 1. The highest BCUT2D eigenvalue weighted by Gasteiger charge is 2.44. The summed E-state index contributed by atoms with van der Waals surface area (Å²) < 4.78 is 11.2. The van der Waals surface area contributed by atoms with Crippen LogP contribution in [0.3, 0.4) is 0 Å². The maximum absolute atomic E-state index is 13.2. The first kappa shape index (κ1) is 74.6. The van der Waals surface area contributed by atoms with E-state index in [0.717, 1.165) is 38.5 Å². The standard InChI is InChI=1S/C67H129NO10/c1-3-5-7-9-11-13-15-17-19-21-23-25-26-27-28-29-30-31-32-33-35-37-39-41-43-45-47-49-51-53-55-60(71)66(76)68-58(57-77-67-65(75)64(74)63(73)61(56-69)78-67)62(72)59(70)54-52-50-48-46-44-42-40-38-36-34-24-22-20-18-16-14-12-10-8-6-4-2/h27-28,46,48,58-65,67,69-75H,3-26,29-45,47,49-57H2,1-2H3,(H,68,76)/b28-27-,48-46+. The zero-order valence-corrected chi connectivity index (χ0v) is 50.9. The molecule has 1 amide bonds. The Morgan fingerprint density at radius 1 is 0.436 bits per heavy atom. The van der Waals surface area contributed by atoms with Crippen LogP contribution >= 0.6 is 0 Å². The second-order valence-corrected chi connectivity index (χ2v) is 23.9. The summed E-state index contributed by atoms with van der Waals surface area (Å²) in [6, 6.07) is -1.18. The van der Waals surface area contributed by atoms with Crippen molar-refractivity contribution < 1.29 is 50.0 Å². The van der Waals surface area contributed by atoms with Gasteiger partial charge in [-0.15, -0.1) is 0 Å². The minimum Gasteiger partial charge on any atom is -0.394 e. The van der Waals surface area contributed by atoms with Crippen molar-refractivity contribution in [2.24, 2.45) is 0 Å². The Labute approximate surface area is 480 Å². The molecule has 0 spiro atoms. The molecular formula is C67H129NO10. The van der Waals surface area contributed by atoms with Gasteiger partial charge in [0.05, 0.1) is 25.4 Å². The summed E-state index contributed by atoms with van der Waals surface area (Å²) in [5.41, 5.74) is 0. The SMILES string of the molecule is CCCCCCCCCCCCCC/C=C\CCCCCCCCCCCCCCCCC(O)C(=O)NC(COC1OC(CO)C(O)C(O)C1O)C(O)C(O)CCC/C=C/CCCCCCCCCCCCCCCCCC. The number of carbonyl (C=O) groups excluding carboxylic acids is 1. The van der Waals surface area contributed by atoms with Crippen LogP contribution < -0.4 is 5.32 Å². The van der Waals surface area contributed by atoms with Crippen molar-refractivity contribution >= 4 is 5.91 Å². The van der Waals surface area contributed by atoms with Gasteiger partial charge < -0.3 is 50.5 Å². The smallest absolute Gasteiger partial charge is 0.249 e. The van der Waals surface area contributed by atoms with E-state index >= 15 is 0 Å². The normalized spacial score (nSPS) is 19.5. The minimum absolute atomic E-state index is 0.257. The van der Waals surface area contributed by atoms with Crippen LogP contribution in [0.1, 0.15) is 328 Å². The van der Waals surface area contributed by atoms with Crippen LogP contribution in [-0.4, -0.2) is 110 Å². The first-order valence-corrected chi connectivity index (χ1v) is 33.7. The van der Waals surface area contributed by atoms with E-state index in [1.54, 1.807) is 0 Å². The highest BCUT2D eigenvalue weighted by Crippen LogP contribution is 2.24. The Kier molecular flexibility index (Phi) is 53.6. The fraction of sp³-hybridized carbons (Fsp3) is 0.925. The molecule has 0 saturated carbocycles. The predicted octanol–water partition coefficient (Wildman–Crippen LogP) is 15.6. The third-order valence-corrected chi connectivity index (χ3v) is 16.5. The average molecular weight is 1110 g/mol. The van der Waals surface area contributed by atoms with Crippen LogP contribution in [0.15, 0.2) is 24.3 Å². The second-order valence-electron chi connectivity index (χ2n) is 23.9. The maximum Gasteiger partial charge on any atom is 0.249 e. The fourth-order valence-electron chi connectivity index (χ4n) is 11.0. The van der Waals surface area contributed by atoms with E-state index < -0.39 is 74.2 Å². The molecule has 1 aliphatic rings. The number of hydrogen-bond donors (Lipinski definition) is 8. The number of aliphatic hydroxyl groups is 7. The highest BCUT2D eigenvalue weighted by atomic mass is 16.7. The van der Waals surface area contributed by atoms with Gasteiger partial charge in [-0.3, -0.25) is 4.79 Å². The summed E-state index contributed by atoms with van der Waals surface area (Å²) in [4.78, 5) is 13.2. The number of amides is 1. The van der Waals surface area contributed by atoms with Gasteiger partial charge in [0.15, 0.2) is 6.29 Å². The van der Waals surface area contributed by atoms with Gasteiger partial charge in [-0.1, -0.05) is 289 Å². The maximum atomic E-state index is 13.2. The van der Waals surface area contributed by atoms with Crippen LogP contribution in [0.5, 0.6) is 0 Å². The fourth-order valence-corrected chi connectivity index (χ4v) is 11.0. The molecule has 0 aromatic heterocycles. The summed E-state index contributed by atoms with van der Waals surface area (Å²) in [5, 5.41) is 76.4. The molecule has 1 rings (SSSR count). The zero-order valence-electron chi connectivity index (χ0n) is 50.9. The van der Waals surface area contributed by atoms with Gasteiger partial charge in [0.2, 0.25) is 5.91 Å². The third-order valence-electron chi connectivity index (χ3n) is 16.5.